The van der Waals surface area contributed by atoms with Crippen LogP contribution in [0.2, 0.25) is 0 Å². The first-order valence-electron chi connectivity index (χ1n) is 7.49. The smallest absolute Gasteiger partial charge is 0.383 e. The predicted octanol–water partition coefficient (Wildman–Crippen LogP) is 3.09. The van der Waals surface area contributed by atoms with Crippen molar-refractivity contribution in [3.05, 3.63) is 35.6 Å². The fourth-order valence-electron chi connectivity index (χ4n) is 2.94. The summed E-state index contributed by atoms with van der Waals surface area (Å²) in [4.78, 5) is 13.8. The molecular formula is C16H19F4NO2. The molecule has 1 N–H and O–H groups in total. The van der Waals surface area contributed by atoms with Crippen molar-refractivity contribution >= 4 is 5.91 Å². The number of aliphatic hydroxyl groups is 1. The highest BCUT2D eigenvalue weighted by atomic mass is 19.4. The van der Waals surface area contributed by atoms with Gasteiger partial charge in [0.15, 0.2) is 6.10 Å². The minimum absolute atomic E-state index is 0.0798. The van der Waals surface area contributed by atoms with Gasteiger partial charge in [-0.3, -0.25) is 4.79 Å². The van der Waals surface area contributed by atoms with Crippen molar-refractivity contribution in [1.29, 1.82) is 0 Å². The summed E-state index contributed by atoms with van der Waals surface area (Å²) in [5, 5.41) is 9.28. The van der Waals surface area contributed by atoms with Gasteiger partial charge in [-0.2, -0.15) is 13.2 Å². The van der Waals surface area contributed by atoms with E-state index in [4.69, 9.17) is 0 Å². The number of rotatable bonds is 3. The molecule has 0 spiro atoms. The molecule has 0 bridgehead atoms. The Hall–Kier alpha value is -1.63. The van der Waals surface area contributed by atoms with Gasteiger partial charge in [0.05, 0.1) is 5.92 Å². The predicted molar refractivity (Wildman–Crippen MR) is 76.2 cm³/mol. The van der Waals surface area contributed by atoms with E-state index in [-0.39, 0.29) is 37.4 Å². The lowest BCUT2D eigenvalue weighted by atomic mass is 9.89. The van der Waals surface area contributed by atoms with Gasteiger partial charge in [-0.25, -0.2) is 4.39 Å². The monoisotopic (exact) mass is 333 g/mol. The van der Waals surface area contributed by atoms with Gasteiger partial charge in [0.2, 0.25) is 5.91 Å². The Balaban J connectivity index is 1.97. The third-order valence-corrected chi connectivity index (χ3v) is 4.38. The van der Waals surface area contributed by atoms with Crippen molar-refractivity contribution in [3.8, 4) is 0 Å². The summed E-state index contributed by atoms with van der Waals surface area (Å²) in [7, 11) is 0. The van der Waals surface area contributed by atoms with Gasteiger partial charge in [0, 0.05) is 13.1 Å². The van der Waals surface area contributed by atoms with Crippen molar-refractivity contribution in [2.45, 2.75) is 38.0 Å². The molecule has 1 aliphatic heterocycles. The molecular weight excluding hydrogens is 314 g/mol. The molecule has 3 nitrogen and oxygen atoms in total. The molecule has 23 heavy (non-hydrogen) atoms. The molecule has 0 radical (unpaired) electrons. The third kappa shape index (κ3) is 4.02. The Labute approximate surface area is 131 Å². The van der Waals surface area contributed by atoms with Crippen LogP contribution in [0.5, 0.6) is 0 Å². The molecule has 1 saturated heterocycles. The number of nitrogens with zero attached hydrogens (tertiary/aromatic N) is 1. The van der Waals surface area contributed by atoms with Crippen LogP contribution in [0.1, 0.15) is 31.2 Å². The molecule has 2 rings (SSSR count). The van der Waals surface area contributed by atoms with Gasteiger partial charge in [0.25, 0.3) is 0 Å². The Bertz CT molecular complexity index is 553. The number of amides is 1. The zero-order chi connectivity index (χ0) is 17.2. The Morgan fingerprint density at radius 1 is 1.26 bits per heavy atom. The summed E-state index contributed by atoms with van der Waals surface area (Å²) < 4.78 is 51.3. The quantitative estimate of drug-likeness (QED) is 0.864. The number of carbonyl (C=O) groups excluding carboxylic acids is 1. The van der Waals surface area contributed by atoms with E-state index in [1.165, 1.54) is 23.1 Å². The van der Waals surface area contributed by atoms with Gasteiger partial charge >= 0.3 is 6.18 Å². The number of carbonyl (C=O) groups is 1. The second kappa shape index (κ2) is 6.86. The van der Waals surface area contributed by atoms with E-state index < -0.39 is 29.9 Å². The maximum absolute atomic E-state index is 13.7. The third-order valence-electron chi connectivity index (χ3n) is 4.38. The first kappa shape index (κ1) is 17.7. The molecule has 128 valence electrons. The molecule has 1 amide bonds. The van der Waals surface area contributed by atoms with E-state index in [0.717, 1.165) is 0 Å². The number of hydrogen-bond acceptors (Lipinski definition) is 2. The van der Waals surface area contributed by atoms with Crippen LogP contribution in [0.15, 0.2) is 24.3 Å². The zero-order valence-electron chi connectivity index (χ0n) is 12.7. The largest absolute Gasteiger partial charge is 0.414 e. The van der Waals surface area contributed by atoms with Gasteiger partial charge in [-0.1, -0.05) is 18.2 Å². The maximum Gasteiger partial charge on any atom is 0.414 e. The van der Waals surface area contributed by atoms with Gasteiger partial charge in [0.1, 0.15) is 5.82 Å². The maximum atomic E-state index is 13.7. The molecule has 1 aromatic carbocycles. The van der Waals surface area contributed by atoms with Crippen LogP contribution in [0.25, 0.3) is 0 Å². The van der Waals surface area contributed by atoms with Crippen LogP contribution in [0.4, 0.5) is 17.6 Å². The molecule has 1 aliphatic rings. The van der Waals surface area contributed by atoms with E-state index in [1.54, 1.807) is 13.0 Å². The average molecular weight is 333 g/mol. The minimum Gasteiger partial charge on any atom is -0.383 e. The molecule has 2 unspecified atom stereocenters. The van der Waals surface area contributed by atoms with Crippen LogP contribution in [0, 0.1) is 11.7 Å². The van der Waals surface area contributed by atoms with Crippen molar-refractivity contribution in [3.63, 3.8) is 0 Å². The molecule has 2 atom stereocenters. The molecule has 0 aromatic heterocycles. The summed E-state index contributed by atoms with van der Waals surface area (Å²) in [6.07, 6.45) is -6.84. The normalized spacial score (nSPS) is 19.5. The van der Waals surface area contributed by atoms with Crippen LogP contribution in [-0.2, 0) is 4.79 Å². The average Bonchev–Trinajstić information content (AvgIpc) is 2.52. The number of benzene rings is 1. The molecule has 7 heteroatoms. The van der Waals surface area contributed by atoms with E-state index in [9.17, 15) is 27.5 Å². The van der Waals surface area contributed by atoms with Crippen molar-refractivity contribution in [1.82, 2.24) is 4.90 Å². The first-order valence-corrected chi connectivity index (χ1v) is 7.49. The van der Waals surface area contributed by atoms with Crippen molar-refractivity contribution < 1.29 is 27.5 Å². The Morgan fingerprint density at radius 2 is 1.83 bits per heavy atom. The SMILES string of the molecule is CC(C(=O)N1CCC(C(O)C(F)(F)F)CC1)c1ccccc1F. The fourth-order valence-corrected chi connectivity index (χ4v) is 2.94. The summed E-state index contributed by atoms with van der Waals surface area (Å²) in [6.45, 7) is 1.85. The van der Waals surface area contributed by atoms with Crippen LogP contribution in [0.3, 0.4) is 0 Å². The molecule has 1 heterocycles. The summed E-state index contributed by atoms with van der Waals surface area (Å²) in [5.74, 6) is -2.38. The van der Waals surface area contributed by atoms with Gasteiger partial charge in [-0.05, 0) is 37.3 Å². The van der Waals surface area contributed by atoms with E-state index >= 15 is 0 Å². The van der Waals surface area contributed by atoms with E-state index in [1.807, 2.05) is 0 Å². The van der Waals surface area contributed by atoms with Crippen LogP contribution in [-0.4, -0.2) is 41.3 Å². The second-order valence-electron chi connectivity index (χ2n) is 5.89. The lowest BCUT2D eigenvalue weighted by molar-refractivity contribution is -0.223. The van der Waals surface area contributed by atoms with Gasteiger partial charge < -0.3 is 10.0 Å². The highest BCUT2D eigenvalue weighted by Crippen LogP contribution is 2.32. The van der Waals surface area contributed by atoms with Crippen molar-refractivity contribution in [2.75, 3.05) is 13.1 Å². The highest BCUT2D eigenvalue weighted by Gasteiger charge is 2.44. The van der Waals surface area contributed by atoms with Crippen molar-refractivity contribution in [2.24, 2.45) is 5.92 Å². The topological polar surface area (TPSA) is 40.5 Å². The van der Waals surface area contributed by atoms with Gasteiger partial charge in [-0.15, -0.1) is 0 Å². The number of aliphatic hydroxyl groups excluding tert-OH is 1. The molecule has 0 aliphatic carbocycles. The minimum atomic E-state index is -4.64. The van der Waals surface area contributed by atoms with Crippen LogP contribution >= 0.6 is 0 Å². The lowest BCUT2D eigenvalue weighted by Crippen LogP contribution is -2.46. The summed E-state index contributed by atoms with van der Waals surface area (Å²) in [5.41, 5.74) is 0.273. The standard InChI is InChI=1S/C16H19F4NO2/c1-10(12-4-2-3-5-13(12)17)15(23)21-8-6-11(7-9-21)14(22)16(18,19)20/h2-5,10-11,14,22H,6-9H2,1H3. The number of alkyl halides is 3. The number of piperidine rings is 1. The summed E-state index contributed by atoms with van der Waals surface area (Å²) >= 11 is 0. The molecule has 0 saturated carbocycles. The Morgan fingerprint density at radius 3 is 2.35 bits per heavy atom. The summed E-state index contributed by atoms with van der Waals surface area (Å²) in [6, 6.07) is 5.96. The van der Waals surface area contributed by atoms with Crippen LogP contribution < -0.4 is 0 Å². The highest BCUT2D eigenvalue weighted by molar-refractivity contribution is 5.83. The second-order valence-corrected chi connectivity index (χ2v) is 5.89. The first-order chi connectivity index (χ1) is 10.7. The zero-order valence-corrected chi connectivity index (χ0v) is 12.7. The number of likely N-dealkylation sites (tertiary alicyclic amines) is 1. The number of halogens is 4. The number of hydrogen-bond donors (Lipinski definition) is 1. The molecule has 1 fully saturated rings. The van der Waals surface area contributed by atoms with E-state index in [0.29, 0.717) is 0 Å². The molecule has 1 aromatic rings. The lowest BCUT2D eigenvalue weighted by Gasteiger charge is -2.36. The Kier molecular flexibility index (Phi) is 5.29. The van der Waals surface area contributed by atoms with E-state index in [2.05, 4.69) is 0 Å². The fraction of sp³-hybridized carbons (Fsp3) is 0.562.